The van der Waals surface area contributed by atoms with E-state index in [1.165, 1.54) is 55.2 Å². The Morgan fingerprint density at radius 2 is 0.964 bits per heavy atom. The van der Waals surface area contributed by atoms with Gasteiger partial charge in [-0.2, -0.15) is 0 Å². The second kappa shape index (κ2) is 6.38. The first kappa shape index (κ1) is 16.8. The van der Waals surface area contributed by atoms with Gasteiger partial charge in [-0.15, -0.1) is 0 Å². The molecule has 0 amide bonds. The molecule has 0 aliphatic rings. The molecule has 0 bridgehead atoms. The highest BCUT2D eigenvalue weighted by atomic mass is 14.9. The standard InChI is InChI=1S/C27H23N/c1-18-8-4-6-10-22(18)20-12-14-26-24(16-20)25-17-21(13-15-27(25)28(26)3)23-11-7-5-9-19(23)2/h4-17H,1-3H3. The van der Waals surface area contributed by atoms with Crippen LogP contribution in [0.1, 0.15) is 11.1 Å². The van der Waals surface area contributed by atoms with Gasteiger partial charge in [-0.25, -0.2) is 0 Å². The molecule has 1 heteroatoms. The summed E-state index contributed by atoms with van der Waals surface area (Å²) in [4.78, 5) is 0. The summed E-state index contributed by atoms with van der Waals surface area (Å²) in [7, 11) is 2.16. The molecule has 0 radical (unpaired) electrons. The van der Waals surface area contributed by atoms with Crippen LogP contribution < -0.4 is 0 Å². The van der Waals surface area contributed by atoms with Gasteiger partial charge in [0.2, 0.25) is 0 Å². The van der Waals surface area contributed by atoms with Crippen molar-refractivity contribution < 1.29 is 0 Å². The zero-order chi connectivity index (χ0) is 19.3. The topological polar surface area (TPSA) is 4.93 Å². The van der Waals surface area contributed by atoms with Gasteiger partial charge in [0, 0.05) is 28.9 Å². The van der Waals surface area contributed by atoms with E-state index in [0.717, 1.165) is 0 Å². The summed E-state index contributed by atoms with van der Waals surface area (Å²) in [5, 5.41) is 2.63. The number of nitrogens with zero attached hydrogens (tertiary/aromatic N) is 1. The van der Waals surface area contributed by atoms with Crippen molar-refractivity contribution in [2.45, 2.75) is 13.8 Å². The number of aryl methyl sites for hydroxylation is 3. The van der Waals surface area contributed by atoms with Crippen LogP contribution in [0.5, 0.6) is 0 Å². The van der Waals surface area contributed by atoms with E-state index in [9.17, 15) is 0 Å². The molecule has 28 heavy (non-hydrogen) atoms. The van der Waals surface area contributed by atoms with Gasteiger partial charge in [-0.3, -0.25) is 0 Å². The van der Waals surface area contributed by atoms with Crippen molar-refractivity contribution in [1.82, 2.24) is 4.57 Å². The van der Waals surface area contributed by atoms with Gasteiger partial charge in [-0.05, 0) is 71.5 Å². The fraction of sp³-hybridized carbons (Fsp3) is 0.111. The molecular formula is C27H23N. The van der Waals surface area contributed by atoms with Crippen LogP contribution in [-0.4, -0.2) is 4.57 Å². The SMILES string of the molecule is Cc1ccccc1-c1ccc2c(c1)c1cc(-c3ccccc3C)ccc1n2C. The molecular weight excluding hydrogens is 338 g/mol. The van der Waals surface area contributed by atoms with Crippen molar-refractivity contribution >= 4 is 21.8 Å². The molecule has 0 aliphatic heterocycles. The van der Waals surface area contributed by atoms with Crippen LogP contribution in [0.4, 0.5) is 0 Å². The van der Waals surface area contributed by atoms with Crippen LogP contribution in [0.2, 0.25) is 0 Å². The zero-order valence-electron chi connectivity index (χ0n) is 16.5. The van der Waals surface area contributed by atoms with Crippen LogP contribution in [-0.2, 0) is 7.05 Å². The lowest BCUT2D eigenvalue weighted by Gasteiger charge is -2.07. The second-order valence-electron chi connectivity index (χ2n) is 7.65. The highest BCUT2D eigenvalue weighted by Crippen LogP contribution is 2.35. The molecule has 1 aromatic heterocycles. The Morgan fingerprint density at radius 1 is 0.536 bits per heavy atom. The van der Waals surface area contributed by atoms with E-state index in [1.54, 1.807) is 0 Å². The minimum atomic E-state index is 1.27. The Hall–Kier alpha value is -3.32. The first-order valence-corrected chi connectivity index (χ1v) is 9.78. The fourth-order valence-corrected chi connectivity index (χ4v) is 4.35. The number of hydrogen-bond acceptors (Lipinski definition) is 0. The number of rotatable bonds is 2. The van der Waals surface area contributed by atoms with E-state index >= 15 is 0 Å². The largest absolute Gasteiger partial charge is 0.344 e. The molecule has 0 aliphatic carbocycles. The number of benzene rings is 4. The Balaban J connectivity index is 1.78. The summed E-state index contributed by atoms with van der Waals surface area (Å²) in [5.41, 5.74) is 10.3. The monoisotopic (exact) mass is 361 g/mol. The summed E-state index contributed by atoms with van der Waals surface area (Å²) in [6.07, 6.45) is 0. The predicted molar refractivity (Wildman–Crippen MR) is 121 cm³/mol. The lowest BCUT2D eigenvalue weighted by atomic mass is 9.97. The molecule has 5 rings (SSSR count). The van der Waals surface area contributed by atoms with Crippen LogP contribution in [0.3, 0.4) is 0 Å². The first-order chi connectivity index (χ1) is 13.6. The molecule has 0 unspecified atom stereocenters. The average Bonchev–Trinajstić information content (AvgIpc) is 3.00. The molecule has 0 N–H and O–H groups in total. The normalized spacial score (nSPS) is 11.4. The lowest BCUT2D eigenvalue weighted by Crippen LogP contribution is -1.87. The van der Waals surface area contributed by atoms with Gasteiger partial charge in [0.1, 0.15) is 0 Å². The van der Waals surface area contributed by atoms with Gasteiger partial charge >= 0.3 is 0 Å². The molecule has 0 spiro atoms. The number of aromatic nitrogens is 1. The Labute approximate surface area is 165 Å². The highest BCUT2D eigenvalue weighted by Gasteiger charge is 2.12. The molecule has 0 fully saturated rings. The van der Waals surface area contributed by atoms with E-state index in [0.29, 0.717) is 0 Å². The van der Waals surface area contributed by atoms with Gasteiger partial charge in [0.05, 0.1) is 0 Å². The van der Waals surface area contributed by atoms with Crippen LogP contribution in [0.15, 0.2) is 84.9 Å². The van der Waals surface area contributed by atoms with E-state index in [1.807, 2.05) is 0 Å². The first-order valence-electron chi connectivity index (χ1n) is 9.78. The zero-order valence-corrected chi connectivity index (χ0v) is 16.5. The molecule has 4 aromatic carbocycles. The maximum absolute atomic E-state index is 2.35. The Morgan fingerprint density at radius 3 is 1.39 bits per heavy atom. The molecule has 5 aromatic rings. The summed E-state index contributed by atoms with van der Waals surface area (Å²) < 4.78 is 2.30. The maximum atomic E-state index is 2.35. The third-order valence-corrected chi connectivity index (χ3v) is 5.92. The maximum Gasteiger partial charge on any atom is 0.0489 e. The van der Waals surface area contributed by atoms with Crippen molar-refractivity contribution in [3.63, 3.8) is 0 Å². The van der Waals surface area contributed by atoms with Crippen LogP contribution >= 0.6 is 0 Å². The molecule has 136 valence electrons. The third-order valence-electron chi connectivity index (χ3n) is 5.92. The fourth-order valence-electron chi connectivity index (χ4n) is 4.35. The van der Waals surface area contributed by atoms with Gasteiger partial charge in [-0.1, -0.05) is 60.7 Å². The lowest BCUT2D eigenvalue weighted by molar-refractivity contribution is 1.01. The minimum absolute atomic E-state index is 1.27. The quantitative estimate of drug-likeness (QED) is 0.311. The van der Waals surface area contributed by atoms with Crippen molar-refractivity contribution in [2.75, 3.05) is 0 Å². The summed E-state index contributed by atoms with van der Waals surface area (Å²) in [6, 6.07) is 30.9. The number of fused-ring (bicyclic) bond motifs is 3. The average molecular weight is 361 g/mol. The molecule has 0 saturated carbocycles. The molecule has 0 saturated heterocycles. The van der Waals surface area contributed by atoms with Crippen molar-refractivity contribution in [3.05, 3.63) is 96.1 Å². The van der Waals surface area contributed by atoms with E-state index in [2.05, 4.69) is 110 Å². The Kier molecular flexibility index (Phi) is 3.84. The van der Waals surface area contributed by atoms with Gasteiger partial charge in [0.25, 0.3) is 0 Å². The highest BCUT2D eigenvalue weighted by molar-refractivity contribution is 6.10. The van der Waals surface area contributed by atoms with Crippen molar-refractivity contribution in [3.8, 4) is 22.3 Å². The summed E-state index contributed by atoms with van der Waals surface area (Å²) in [6.45, 7) is 4.36. The third kappa shape index (κ3) is 2.55. The summed E-state index contributed by atoms with van der Waals surface area (Å²) in [5.74, 6) is 0. The second-order valence-corrected chi connectivity index (χ2v) is 7.65. The van der Waals surface area contributed by atoms with Crippen LogP contribution in [0, 0.1) is 13.8 Å². The van der Waals surface area contributed by atoms with Crippen LogP contribution in [0.25, 0.3) is 44.1 Å². The van der Waals surface area contributed by atoms with E-state index < -0.39 is 0 Å². The van der Waals surface area contributed by atoms with Crippen molar-refractivity contribution in [2.24, 2.45) is 7.05 Å². The minimum Gasteiger partial charge on any atom is -0.344 e. The van der Waals surface area contributed by atoms with E-state index in [4.69, 9.17) is 0 Å². The predicted octanol–water partition coefficient (Wildman–Crippen LogP) is 7.28. The summed E-state index contributed by atoms with van der Waals surface area (Å²) >= 11 is 0. The Bertz CT molecular complexity index is 1230. The van der Waals surface area contributed by atoms with Gasteiger partial charge in [0.15, 0.2) is 0 Å². The van der Waals surface area contributed by atoms with E-state index in [-0.39, 0.29) is 0 Å². The molecule has 1 heterocycles. The number of hydrogen-bond donors (Lipinski definition) is 0. The molecule has 1 nitrogen and oxygen atoms in total. The van der Waals surface area contributed by atoms with Crippen molar-refractivity contribution in [1.29, 1.82) is 0 Å². The smallest absolute Gasteiger partial charge is 0.0489 e. The van der Waals surface area contributed by atoms with Gasteiger partial charge < -0.3 is 4.57 Å². The molecule has 0 atom stereocenters.